The number of carbonyl (C=O) groups is 2. The molecule has 2 amide bonds. The Morgan fingerprint density at radius 1 is 1.19 bits per heavy atom. The zero-order valence-electron chi connectivity index (χ0n) is 13.2. The number of amides is 2. The summed E-state index contributed by atoms with van der Waals surface area (Å²) in [6, 6.07) is 10.2. The van der Waals surface area contributed by atoms with E-state index in [-0.39, 0.29) is 11.6 Å². The van der Waals surface area contributed by atoms with Crippen LogP contribution in [0.1, 0.15) is 10.4 Å². The molecule has 10 heteroatoms. The number of rotatable bonds is 5. The van der Waals surface area contributed by atoms with E-state index in [1.165, 1.54) is 12.1 Å². The molecule has 0 unspecified atom stereocenters. The number of primary amides is 1. The van der Waals surface area contributed by atoms with E-state index in [0.29, 0.717) is 22.6 Å². The van der Waals surface area contributed by atoms with Crippen molar-refractivity contribution in [2.75, 3.05) is 5.32 Å². The molecule has 26 heavy (non-hydrogen) atoms. The van der Waals surface area contributed by atoms with Gasteiger partial charge in [0, 0.05) is 16.8 Å². The first kappa shape index (κ1) is 17.5. The van der Waals surface area contributed by atoms with Crippen LogP contribution in [0.4, 0.5) is 10.1 Å². The minimum absolute atomic E-state index is 0.0941. The van der Waals surface area contributed by atoms with Crippen molar-refractivity contribution in [2.24, 2.45) is 5.73 Å². The monoisotopic (exact) mass is 374 g/mol. The van der Waals surface area contributed by atoms with E-state index in [1.807, 2.05) is 0 Å². The Balaban J connectivity index is 1.66. The van der Waals surface area contributed by atoms with Gasteiger partial charge in [-0.1, -0.05) is 23.7 Å². The van der Waals surface area contributed by atoms with Crippen molar-refractivity contribution in [3.05, 3.63) is 58.9 Å². The molecular weight excluding hydrogens is 363 g/mol. The molecule has 0 spiro atoms. The molecule has 0 aliphatic rings. The Bertz CT molecular complexity index is 973. The summed E-state index contributed by atoms with van der Waals surface area (Å²) < 4.78 is 13.1. The third-order valence-electron chi connectivity index (χ3n) is 3.37. The molecule has 0 fully saturated rings. The number of nitrogens with two attached hydrogens (primary N) is 1. The predicted molar refractivity (Wildman–Crippen MR) is 91.8 cm³/mol. The summed E-state index contributed by atoms with van der Waals surface area (Å²) in [5.41, 5.74) is 6.51. The van der Waals surface area contributed by atoms with Crippen molar-refractivity contribution in [3.63, 3.8) is 0 Å². The second-order valence-electron chi connectivity index (χ2n) is 5.26. The Kier molecular flexibility index (Phi) is 4.90. The van der Waals surface area contributed by atoms with Crippen molar-refractivity contribution < 1.29 is 14.0 Å². The number of nitrogens with zero attached hydrogens (tertiary/aromatic N) is 4. The molecule has 3 aromatic rings. The Morgan fingerprint density at radius 3 is 2.58 bits per heavy atom. The van der Waals surface area contributed by atoms with Crippen LogP contribution in [0, 0.1) is 5.82 Å². The highest BCUT2D eigenvalue weighted by atomic mass is 35.5. The maximum Gasteiger partial charge on any atom is 0.248 e. The number of carbonyl (C=O) groups excluding carboxylic acids is 2. The summed E-state index contributed by atoms with van der Waals surface area (Å²) in [5, 5.41) is 14.2. The number of halogens is 2. The smallest absolute Gasteiger partial charge is 0.248 e. The molecule has 1 aromatic heterocycles. The van der Waals surface area contributed by atoms with Gasteiger partial charge in [-0.3, -0.25) is 9.59 Å². The molecular formula is C16H12ClFN6O2. The van der Waals surface area contributed by atoms with Crippen LogP contribution in [-0.4, -0.2) is 32.0 Å². The quantitative estimate of drug-likeness (QED) is 0.707. The third kappa shape index (κ3) is 4.01. The second-order valence-corrected chi connectivity index (χ2v) is 5.67. The number of hydrogen-bond donors (Lipinski definition) is 2. The third-order valence-corrected chi connectivity index (χ3v) is 3.66. The molecule has 0 aliphatic carbocycles. The van der Waals surface area contributed by atoms with Gasteiger partial charge in [0.25, 0.3) is 0 Å². The van der Waals surface area contributed by atoms with Crippen molar-refractivity contribution in [1.29, 1.82) is 0 Å². The van der Waals surface area contributed by atoms with Crippen LogP contribution < -0.4 is 11.1 Å². The lowest BCUT2D eigenvalue weighted by molar-refractivity contribution is -0.117. The van der Waals surface area contributed by atoms with E-state index in [1.54, 1.807) is 24.3 Å². The van der Waals surface area contributed by atoms with Crippen molar-refractivity contribution in [2.45, 2.75) is 6.54 Å². The Hall–Kier alpha value is -3.33. The predicted octanol–water partition coefficient (Wildman–Crippen LogP) is 1.87. The molecule has 0 bridgehead atoms. The van der Waals surface area contributed by atoms with E-state index in [4.69, 9.17) is 17.3 Å². The van der Waals surface area contributed by atoms with Crippen LogP contribution >= 0.6 is 11.6 Å². The summed E-state index contributed by atoms with van der Waals surface area (Å²) in [6.07, 6.45) is 0. The minimum atomic E-state index is -0.574. The molecule has 3 rings (SSSR count). The lowest BCUT2D eigenvalue weighted by atomic mass is 10.1. The normalized spacial score (nSPS) is 10.5. The van der Waals surface area contributed by atoms with Crippen LogP contribution in [-0.2, 0) is 11.3 Å². The van der Waals surface area contributed by atoms with Gasteiger partial charge in [0.1, 0.15) is 12.4 Å². The largest absolute Gasteiger partial charge is 0.366 e. The van der Waals surface area contributed by atoms with Gasteiger partial charge < -0.3 is 11.1 Å². The average Bonchev–Trinajstić information content (AvgIpc) is 3.06. The van der Waals surface area contributed by atoms with Gasteiger partial charge in [-0.2, -0.15) is 4.80 Å². The van der Waals surface area contributed by atoms with Crippen LogP contribution in [0.5, 0.6) is 0 Å². The fourth-order valence-corrected chi connectivity index (χ4v) is 2.29. The van der Waals surface area contributed by atoms with Gasteiger partial charge in [-0.05, 0) is 35.5 Å². The van der Waals surface area contributed by atoms with Gasteiger partial charge in [0.15, 0.2) is 0 Å². The highest BCUT2D eigenvalue weighted by molar-refractivity contribution is 6.31. The molecule has 0 saturated heterocycles. The zero-order chi connectivity index (χ0) is 18.7. The van der Waals surface area contributed by atoms with E-state index in [0.717, 1.165) is 10.9 Å². The maximum atomic E-state index is 13.1. The zero-order valence-corrected chi connectivity index (χ0v) is 13.9. The lowest BCUT2D eigenvalue weighted by Crippen LogP contribution is -2.20. The van der Waals surface area contributed by atoms with E-state index < -0.39 is 17.6 Å². The van der Waals surface area contributed by atoms with E-state index >= 15 is 0 Å². The van der Waals surface area contributed by atoms with Gasteiger partial charge in [-0.15, -0.1) is 10.2 Å². The number of aromatic nitrogens is 4. The van der Waals surface area contributed by atoms with Crippen LogP contribution in [0.2, 0.25) is 5.02 Å². The molecule has 1 heterocycles. The summed E-state index contributed by atoms with van der Waals surface area (Å²) in [6.45, 7) is -0.193. The molecule has 0 aliphatic heterocycles. The van der Waals surface area contributed by atoms with Gasteiger partial charge in [0.05, 0.1) is 5.02 Å². The highest BCUT2D eigenvalue weighted by Gasteiger charge is 2.11. The first-order valence-electron chi connectivity index (χ1n) is 7.35. The molecule has 2 aromatic carbocycles. The van der Waals surface area contributed by atoms with Crippen LogP contribution in [0.15, 0.2) is 42.5 Å². The van der Waals surface area contributed by atoms with Crippen LogP contribution in [0.25, 0.3) is 11.4 Å². The van der Waals surface area contributed by atoms with Gasteiger partial charge >= 0.3 is 0 Å². The summed E-state index contributed by atoms with van der Waals surface area (Å²) in [5.74, 6) is -1.25. The topological polar surface area (TPSA) is 116 Å². The van der Waals surface area contributed by atoms with Crippen molar-refractivity contribution in [3.8, 4) is 11.4 Å². The van der Waals surface area contributed by atoms with Crippen molar-refractivity contribution in [1.82, 2.24) is 20.2 Å². The summed E-state index contributed by atoms with van der Waals surface area (Å²) >= 11 is 5.66. The standard InChI is InChI=1S/C16H12ClFN6O2/c17-12-7-11(5-6-13(12)18)20-14(25)8-24-22-16(21-23-24)10-3-1-9(2-4-10)15(19)26/h1-7H,8H2,(H2,19,26)(H,20,25). The first-order chi connectivity index (χ1) is 12.4. The molecule has 0 saturated carbocycles. The average molecular weight is 375 g/mol. The minimum Gasteiger partial charge on any atom is -0.366 e. The summed E-state index contributed by atoms with van der Waals surface area (Å²) in [7, 11) is 0. The number of anilines is 1. The second kappa shape index (κ2) is 7.28. The fraction of sp³-hybridized carbons (Fsp3) is 0.0625. The Morgan fingerprint density at radius 2 is 1.92 bits per heavy atom. The van der Waals surface area contributed by atoms with Gasteiger partial charge in [-0.25, -0.2) is 4.39 Å². The lowest BCUT2D eigenvalue weighted by Gasteiger charge is -2.05. The number of nitrogens with one attached hydrogen (secondary N) is 1. The number of benzene rings is 2. The maximum absolute atomic E-state index is 13.1. The highest BCUT2D eigenvalue weighted by Crippen LogP contribution is 2.19. The fourth-order valence-electron chi connectivity index (χ4n) is 2.11. The molecule has 8 nitrogen and oxygen atoms in total. The van der Waals surface area contributed by atoms with E-state index in [9.17, 15) is 14.0 Å². The summed E-state index contributed by atoms with van der Waals surface area (Å²) in [4.78, 5) is 24.2. The van der Waals surface area contributed by atoms with Gasteiger partial charge in [0.2, 0.25) is 17.6 Å². The number of tetrazole rings is 1. The van der Waals surface area contributed by atoms with Crippen LogP contribution in [0.3, 0.4) is 0 Å². The Labute approximate surface area is 151 Å². The first-order valence-corrected chi connectivity index (χ1v) is 7.73. The molecule has 0 radical (unpaired) electrons. The SMILES string of the molecule is NC(=O)c1ccc(-c2nnn(CC(=O)Nc3ccc(F)c(Cl)c3)n2)cc1. The number of hydrogen-bond acceptors (Lipinski definition) is 5. The molecule has 132 valence electrons. The van der Waals surface area contributed by atoms with Crippen molar-refractivity contribution >= 4 is 29.1 Å². The molecule has 3 N–H and O–H groups in total. The van der Waals surface area contributed by atoms with E-state index in [2.05, 4.69) is 20.7 Å². The molecule has 0 atom stereocenters.